The molecule has 0 spiro atoms. The average Bonchev–Trinajstić information content (AvgIpc) is 2.52. The van der Waals surface area contributed by atoms with Crippen LogP contribution >= 0.6 is 0 Å². The van der Waals surface area contributed by atoms with Crippen LogP contribution in [0, 0.1) is 0 Å². The topological polar surface area (TPSA) is 77.4 Å². The summed E-state index contributed by atoms with van der Waals surface area (Å²) in [4.78, 5) is 0. The van der Waals surface area contributed by atoms with Gasteiger partial charge in [0.25, 0.3) is 0 Å². The maximum atomic E-state index is 11.4. The number of unbranched alkanes of at least 4 members (excludes halogenated alkanes) is 8. The summed E-state index contributed by atoms with van der Waals surface area (Å²) >= 11 is 0. The molecule has 25 heavy (non-hydrogen) atoms. The first kappa shape index (κ1) is 28.7. The van der Waals surface area contributed by atoms with Gasteiger partial charge < -0.3 is 9.66 Å². The Balaban J connectivity index is 0. The molecule has 2 unspecified atom stereocenters. The van der Waals surface area contributed by atoms with Crippen molar-refractivity contribution in [2.75, 3.05) is 0 Å². The Morgan fingerprint density at radius 1 is 0.720 bits per heavy atom. The fraction of sp³-hybridized carbons (Fsp3) is 1.00. The summed E-state index contributed by atoms with van der Waals surface area (Å²) in [5, 5.41) is 9.17. The first-order chi connectivity index (χ1) is 11.4. The molecule has 0 fully saturated rings. The third-order valence-corrected chi connectivity index (χ3v) is 6.03. The maximum absolute atomic E-state index is 11.4. The van der Waals surface area contributed by atoms with E-state index in [9.17, 15) is 18.1 Å². The zero-order valence-corrected chi connectivity index (χ0v) is 20.8. The van der Waals surface area contributed by atoms with E-state index in [1.54, 1.807) is 0 Å². The Hall–Kier alpha value is 1.51. The van der Waals surface area contributed by atoms with Crippen LogP contribution < -0.4 is 51.4 Å². The van der Waals surface area contributed by atoms with Gasteiger partial charge in [-0.3, -0.25) is 0 Å². The van der Waals surface area contributed by atoms with Gasteiger partial charge in [-0.05, 0) is 32.1 Å². The van der Waals surface area contributed by atoms with E-state index in [1.807, 2.05) is 0 Å². The second kappa shape index (κ2) is 18.9. The van der Waals surface area contributed by atoms with Crippen LogP contribution in [0.2, 0.25) is 0 Å². The third-order valence-electron chi connectivity index (χ3n) is 4.74. The fourth-order valence-electron chi connectivity index (χ4n) is 3.12. The molecule has 0 aliphatic heterocycles. The molecule has 0 saturated carbocycles. The van der Waals surface area contributed by atoms with E-state index < -0.39 is 15.4 Å². The van der Waals surface area contributed by atoms with Gasteiger partial charge in [-0.1, -0.05) is 78.1 Å². The van der Waals surface area contributed by atoms with Crippen molar-refractivity contribution in [1.82, 2.24) is 0 Å². The summed E-state index contributed by atoms with van der Waals surface area (Å²) in [6.07, 6.45) is 13.6. The smallest absolute Gasteiger partial charge is 0.748 e. The molecule has 4 nitrogen and oxygen atoms in total. The van der Waals surface area contributed by atoms with Crippen LogP contribution in [0.3, 0.4) is 0 Å². The van der Waals surface area contributed by atoms with Crippen LogP contribution in [0.15, 0.2) is 0 Å². The fourth-order valence-corrected chi connectivity index (χ4v) is 4.03. The van der Waals surface area contributed by atoms with Crippen molar-refractivity contribution in [3.05, 3.63) is 0 Å². The van der Waals surface area contributed by atoms with Gasteiger partial charge in [-0.2, -0.15) is 0 Å². The van der Waals surface area contributed by atoms with Crippen LogP contribution in [0.1, 0.15) is 110 Å². The van der Waals surface area contributed by atoms with Crippen LogP contribution in [0.25, 0.3) is 0 Å². The molecule has 0 aromatic rings. The number of hydrogen-bond acceptors (Lipinski definition) is 4. The summed E-state index contributed by atoms with van der Waals surface area (Å²) in [6, 6.07) is 0. The average molecular weight is 403 g/mol. The van der Waals surface area contributed by atoms with Gasteiger partial charge in [0.2, 0.25) is 0 Å². The molecule has 1 N–H and O–H groups in total. The molecular formula is C19H39KO4S. The molecular weight excluding hydrogens is 363 g/mol. The Kier molecular flexibility index (Phi) is 21.7. The molecule has 0 amide bonds. The van der Waals surface area contributed by atoms with Gasteiger partial charge in [-0.25, -0.2) is 8.42 Å². The zero-order valence-electron chi connectivity index (χ0n) is 16.8. The van der Waals surface area contributed by atoms with Crippen LogP contribution in [0.5, 0.6) is 0 Å². The summed E-state index contributed by atoms with van der Waals surface area (Å²) in [5.41, 5.74) is 0. The van der Waals surface area contributed by atoms with Crippen molar-refractivity contribution in [3.8, 4) is 0 Å². The van der Waals surface area contributed by atoms with E-state index in [4.69, 9.17) is 0 Å². The minimum Gasteiger partial charge on any atom is -0.748 e. The van der Waals surface area contributed by atoms with Crippen molar-refractivity contribution in [2.45, 2.75) is 122 Å². The van der Waals surface area contributed by atoms with E-state index in [2.05, 4.69) is 13.8 Å². The van der Waals surface area contributed by atoms with E-state index in [1.165, 1.54) is 32.1 Å². The second-order valence-corrected chi connectivity index (χ2v) is 8.76. The molecule has 146 valence electrons. The van der Waals surface area contributed by atoms with Crippen molar-refractivity contribution in [3.63, 3.8) is 0 Å². The Labute approximate surface area is 199 Å². The minimum atomic E-state index is -4.22. The minimum absolute atomic E-state index is 0. The van der Waals surface area contributed by atoms with Gasteiger partial charge >= 0.3 is 51.4 Å². The normalized spacial score (nSPS) is 14.1. The molecule has 0 bridgehead atoms. The third kappa shape index (κ3) is 18.6. The van der Waals surface area contributed by atoms with Gasteiger partial charge in [0.1, 0.15) is 0 Å². The van der Waals surface area contributed by atoms with Crippen LogP contribution in [-0.2, 0) is 10.1 Å². The molecule has 0 heterocycles. The van der Waals surface area contributed by atoms with Crippen molar-refractivity contribution in [1.29, 1.82) is 0 Å². The molecule has 0 aliphatic rings. The standard InChI is InChI=1S/C19H40O4S.K/c1-3-5-7-9-10-12-16-19(24(21,22)23)17-13-15-18(20)14-11-8-6-4-2;/h18-20H,3-17H2,1-2H3,(H,21,22,23);/q;+1/p-1. The van der Waals surface area contributed by atoms with E-state index in [-0.39, 0.29) is 57.5 Å². The van der Waals surface area contributed by atoms with Gasteiger partial charge in [0.15, 0.2) is 0 Å². The van der Waals surface area contributed by atoms with Gasteiger partial charge in [0, 0.05) is 5.25 Å². The van der Waals surface area contributed by atoms with E-state index in [0.29, 0.717) is 25.7 Å². The number of rotatable bonds is 17. The van der Waals surface area contributed by atoms with Crippen molar-refractivity contribution in [2.24, 2.45) is 0 Å². The number of aliphatic hydroxyl groups excluding tert-OH is 1. The van der Waals surface area contributed by atoms with Crippen molar-refractivity contribution < 1.29 is 69.5 Å². The van der Waals surface area contributed by atoms with Crippen molar-refractivity contribution >= 4 is 10.1 Å². The summed E-state index contributed by atoms with van der Waals surface area (Å²) in [6.45, 7) is 4.32. The SMILES string of the molecule is CCCCCCCCC(CCCC(O)CCCCCC)S(=O)(=O)[O-].[K+]. The van der Waals surface area contributed by atoms with Gasteiger partial charge in [-0.15, -0.1) is 0 Å². The molecule has 0 radical (unpaired) electrons. The summed E-state index contributed by atoms with van der Waals surface area (Å²) in [7, 11) is -4.22. The molecule has 0 rings (SSSR count). The summed E-state index contributed by atoms with van der Waals surface area (Å²) < 4.78 is 34.2. The first-order valence-corrected chi connectivity index (χ1v) is 11.5. The largest absolute Gasteiger partial charge is 1.00 e. The first-order valence-electron chi connectivity index (χ1n) is 10.0. The van der Waals surface area contributed by atoms with Crippen LogP contribution in [-0.4, -0.2) is 29.4 Å². The molecule has 0 aliphatic carbocycles. The van der Waals surface area contributed by atoms with E-state index in [0.717, 1.165) is 38.5 Å². The van der Waals surface area contributed by atoms with Crippen LogP contribution in [0.4, 0.5) is 0 Å². The Morgan fingerprint density at radius 3 is 1.68 bits per heavy atom. The Bertz CT molecular complexity index is 374. The predicted molar refractivity (Wildman–Crippen MR) is 100 cm³/mol. The van der Waals surface area contributed by atoms with Gasteiger partial charge in [0.05, 0.1) is 16.2 Å². The molecule has 0 aromatic heterocycles. The number of hydrogen-bond donors (Lipinski definition) is 1. The molecule has 6 heteroatoms. The molecule has 2 atom stereocenters. The number of aliphatic hydroxyl groups is 1. The second-order valence-electron chi connectivity index (χ2n) is 7.11. The predicted octanol–water partition coefficient (Wildman–Crippen LogP) is 2.16. The monoisotopic (exact) mass is 402 g/mol. The maximum Gasteiger partial charge on any atom is 1.00 e. The Morgan fingerprint density at radius 2 is 1.12 bits per heavy atom. The summed E-state index contributed by atoms with van der Waals surface area (Å²) in [5.74, 6) is 0. The van der Waals surface area contributed by atoms with E-state index >= 15 is 0 Å². The quantitative estimate of drug-likeness (QED) is 0.230. The molecule has 0 aromatic carbocycles. The zero-order chi connectivity index (χ0) is 18.3. The molecule has 0 saturated heterocycles.